The van der Waals surface area contributed by atoms with Gasteiger partial charge in [-0.25, -0.2) is 4.98 Å². The summed E-state index contributed by atoms with van der Waals surface area (Å²) in [5, 5.41) is 13.8. The zero-order chi connectivity index (χ0) is 12.8. The first kappa shape index (κ1) is 12.8. The Morgan fingerprint density at radius 2 is 2.11 bits per heavy atom. The highest BCUT2D eigenvalue weighted by molar-refractivity contribution is 5.79. The van der Waals surface area contributed by atoms with Crippen molar-refractivity contribution in [3.63, 3.8) is 0 Å². The average Bonchev–Trinajstić information content (AvgIpc) is 2.39. The molecule has 2 aromatic rings. The van der Waals surface area contributed by atoms with Gasteiger partial charge in [-0.15, -0.1) is 0 Å². The summed E-state index contributed by atoms with van der Waals surface area (Å²) in [7, 11) is 1.58. The summed E-state index contributed by atoms with van der Waals surface area (Å²) in [5.41, 5.74) is 0.972. The van der Waals surface area contributed by atoms with Crippen molar-refractivity contribution in [2.45, 2.75) is 12.5 Å². The number of anilines is 1. The highest BCUT2D eigenvalue weighted by Crippen LogP contribution is 2.14. The topological polar surface area (TPSA) is 54.4 Å². The number of aromatic nitrogens is 1. The molecule has 0 aliphatic rings. The third kappa shape index (κ3) is 3.42. The summed E-state index contributed by atoms with van der Waals surface area (Å²) >= 11 is 0. The minimum atomic E-state index is -0.428. The van der Waals surface area contributed by atoms with Crippen molar-refractivity contribution in [2.75, 3.05) is 25.6 Å². The van der Waals surface area contributed by atoms with Crippen LogP contribution in [-0.2, 0) is 4.74 Å². The molecule has 1 aromatic carbocycles. The van der Waals surface area contributed by atoms with Crippen molar-refractivity contribution < 1.29 is 9.84 Å². The van der Waals surface area contributed by atoms with Crippen molar-refractivity contribution >= 4 is 16.7 Å². The minimum absolute atomic E-state index is 0.368. The normalized spacial score (nSPS) is 12.6. The molecule has 1 atom stereocenters. The second kappa shape index (κ2) is 6.33. The third-order valence-electron chi connectivity index (χ3n) is 2.74. The van der Waals surface area contributed by atoms with Gasteiger partial charge < -0.3 is 15.2 Å². The van der Waals surface area contributed by atoms with Gasteiger partial charge in [0.2, 0.25) is 0 Å². The molecule has 4 heteroatoms. The molecule has 2 N–H and O–H groups in total. The molecule has 1 aromatic heterocycles. The summed E-state index contributed by atoms with van der Waals surface area (Å²) in [6.45, 7) is 1.04. The number of hydrogen-bond donors (Lipinski definition) is 2. The molecular formula is C14H18N2O2. The van der Waals surface area contributed by atoms with Gasteiger partial charge in [0.25, 0.3) is 0 Å². The Hall–Kier alpha value is -1.65. The van der Waals surface area contributed by atoms with Gasteiger partial charge in [0.05, 0.1) is 18.2 Å². The van der Waals surface area contributed by atoms with Crippen LogP contribution in [0.2, 0.25) is 0 Å². The molecule has 2 rings (SSSR count). The Morgan fingerprint density at radius 3 is 2.94 bits per heavy atom. The molecule has 0 saturated heterocycles. The van der Waals surface area contributed by atoms with E-state index in [0.717, 1.165) is 16.7 Å². The Bertz CT molecular complexity index is 502. The Labute approximate surface area is 107 Å². The molecule has 0 aliphatic carbocycles. The summed E-state index contributed by atoms with van der Waals surface area (Å²) in [5.74, 6) is 0.832. The standard InChI is InChI=1S/C14H18N2O2/c1-18-10-12(17)8-9-15-14-7-6-11-4-2-3-5-13(11)16-14/h2-7,12,17H,8-10H2,1H3,(H,15,16). The first-order valence-electron chi connectivity index (χ1n) is 6.06. The fourth-order valence-electron chi connectivity index (χ4n) is 1.81. The SMILES string of the molecule is COCC(O)CCNc1ccc2ccccc2n1. The van der Waals surface area contributed by atoms with Crippen LogP contribution in [0.15, 0.2) is 36.4 Å². The van der Waals surface area contributed by atoms with Crippen LogP contribution in [0.1, 0.15) is 6.42 Å². The molecule has 18 heavy (non-hydrogen) atoms. The van der Waals surface area contributed by atoms with Gasteiger partial charge in [-0.1, -0.05) is 18.2 Å². The van der Waals surface area contributed by atoms with E-state index in [1.54, 1.807) is 7.11 Å². The lowest BCUT2D eigenvalue weighted by Crippen LogP contribution is -2.18. The molecule has 0 radical (unpaired) electrons. The van der Waals surface area contributed by atoms with Crippen molar-refractivity contribution in [2.24, 2.45) is 0 Å². The lowest BCUT2D eigenvalue weighted by Gasteiger charge is -2.10. The van der Waals surface area contributed by atoms with E-state index in [1.807, 2.05) is 36.4 Å². The lowest BCUT2D eigenvalue weighted by molar-refractivity contribution is 0.0615. The van der Waals surface area contributed by atoms with Crippen molar-refractivity contribution in [1.82, 2.24) is 4.98 Å². The quantitative estimate of drug-likeness (QED) is 0.819. The second-order valence-corrected chi connectivity index (χ2v) is 4.21. The van der Waals surface area contributed by atoms with Gasteiger partial charge in [0, 0.05) is 19.0 Å². The molecule has 1 unspecified atom stereocenters. The maximum atomic E-state index is 9.51. The highest BCUT2D eigenvalue weighted by Gasteiger charge is 2.03. The summed E-state index contributed by atoms with van der Waals surface area (Å²) in [6.07, 6.45) is 0.213. The summed E-state index contributed by atoms with van der Waals surface area (Å²) < 4.78 is 4.87. The molecule has 4 nitrogen and oxygen atoms in total. The number of aliphatic hydroxyl groups is 1. The zero-order valence-corrected chi connectivity index (χ0v) is 10.5. The third-order valence-corrected chi connectivity index (χ3v) is 2.74. The van der Waals surface area contributed by atoms with E-state index in [2.05, 4.69) is 10.3 Å². The highest BCUT2D eigenvalue weighted by atomic mass is 16.5. The Morgan fingerprint density at radius 1 is 1.28 bits per heavy atom. The van der Waals surface area contributed by atoms with Crippen molar-refractivity contribution in [1.29, 1.82) is 0 Å². The van der Waals surface area contributed by atoms with Gasteiger partial charge in [0.15, 0.2) is 0 Å². The first-order valence-corrected chi connectivity index (χ1v) is 6.06. The lowest BCUT2D eigenvalue weighted by atomic mass is 10.2. The van der Waals surface area contributed by atoms with Crippen LogP contribution >= 0.6 is 0 Å². The van der Waals surface area contributed by atoms with E-state index in [4.69, 9.17) is 4.74 Å². The predicted molar refractivity (Wildman–Crippen MR) is 72.7 cm³/mol. The largest absolute Gasteiger partial charge is 0.391 e. The number of aliphatic hydroxyl groups excluding tert-OH is 1. The number of fused-ring (bicyclic) bond motifs is 1. The van der Waals surface area contributed by atoms with Crippen LogP contribution in [0, 0.1) is 0 Å². The van der Waals surface area contributed by atoms with Crippen LogP contribution in [-0.4, -0.2) is 36.5 Å². The molecule has 1 heterocycles. The van der Waals surface area contributed by atoms with Gasteiger partial charge in [0.1, 0.15) is 5.82 Å². The number of rotatable bonds is 6. The number of methoxy groups -OCH3 is 1. The smallest absolute Gasteiger partial charge is 0.126 e. The van der Waals surface area contributed by atoms with Crippen LogP contribution in [0.25, 0.3) is 10.9 Å². The average molecular weight is 246 g/mol. The molecule has 0 bridgehead atoms. The fourth-order valence-corrected chi connectivity index (χ4v) is 1.81. The molecule has 0 fully saturated rings. The molecule has 0 saturated carbocycles. The molecular weight excluding hydrogens is 228 g/mol. The predicted octanol–water partition coefficient (Wildman–Crippen LogP) is 2.04. The van der Waals surface area contributed by atoms with Crippen LogP contribution in [0.4, 0.5) is 5.82 Å². The molecule has 0 aliphatic heterocycles. The van der Waals surface area contributed by atoms with Crippen LogP contribution in [0.5, 0.6) is 0 Å². The number of nitrogens with one attached hydrogen (secondary N) is 1. The van der Waals surface area contributed by atoms with Gasteiger partial charge in [-0.3, -0.25) is 0 Å². The van der Waals surface area contributed by atoms with E-state index in [-0.39, 0.29) is 0 Å². The van der Waals surface area contributed by atoms with Gasteiger partial charge in [-0.2, -0.15) is 0 Å². The molecule has 0 spiro atoms. The van der Waals surface area contributed by atoms with Crippen molar-refractivity contribution in [3.8, 4) is 0 Å². The second-order valence-electron chi connectivity index (χ2n) is 4.21. The van der Waals surface area contributed by atoms with Crippen molar-refractivity contribution in [3.05, 3.63) is 36.4 Å². The van der Waals surface area contributed by atoms with E-state index < -0.39 is 6.10 Å². The van der Waals surface area contributed by atoms with E-state index >= 15 is 0 Å². The summed E-state index contributed by atoms with van der Waals surface area (Å²) in [6, 6.07) is 12.0. The number of para-hydroxylation sites is 1. The number of ether oxygens (including phenoxy) is 1. The van der Waals surface area contributed by atoms with Gasteiger partial charge >= 0.3 is 0 Å². The Balaban J connectivity index is 1.91. The summed E-state index contributed by atoms with van der Waals surface area (Å²) in [4.78, 5) is 4.49. The molecule has 96 valence electrons. The number of hydrogen-bond acceptors (Lipinski definition) is 4. The Kier molecular flexibility index (Phi) is 4.50. The number of nitrogens with zero attached hydrogens (tertiary/aromatic N) is 1. The number of pyridine rings is 1. The van der Waals surface area contributed by atoms with E-state index in [1.165, 1.54) is 0 Å². The van der Waals surface area contributed by atoms with E-state index in [0.29, 0.717) is 19.6 Å². The maximum Gasteiger partial charge on any atom is 0.126 e. The first-order chi connectivity index (χ1) is 8.79. The fraction of sp³-hybridized carbons (Fsp3) is 0.357. The number of benzene rings is 1. The van der Waals surface area contributed by atoms with Gasteiger partial charge in [-0.05, 0) is 24.6 Å². The monoisotopic (exact) mass is 246 g/mol. The van der Waals surface area contributed by atoms with Crippen LogP contribution in [0.3, 0.4) is 0 Å². The minimum Gasteiger partial charge on any atom is -0.391 e. The zero-order valence-electron chi connectivity index (χ0n) is 10.5. The van der Waals surface area contributed by atoms with E-state index in [9.17, 15) is 5.11 Å². The maximum absolute atomic E-state index is 9.51. The molecule has 0 amide bonds. The van der Waals surface area contributed by atoms with Crippen LogP contribution < -0.4 is 5.32 Å².